The Balaban J connectivity index is 1.97. The van der Waals surface area contributed by atoms with E-state index in [9.17, 15) is 9.18 Å². The van der Waals surface area contributed by atoms with Crippen molar-refractivity contribution in [3.63, 3.8) is 0 Å². The summed E-state index contributed by atoms with van der Waals surface area (Å²) in [7, 11) is 0. The van der Waals surface area contributed by atoms with Crippen LogP contribution in [0.3, 0.4) is 0 Å². The maximum Gasteiger partial charge on any atom is 0.228 e. The van der Waals surface area contributed by atoms with Gasteiger partial charge in [-0.15, -0.1) is 0 Å². The van der Waals surface area contributed by atoms with Crippen LogP contribution in [0, 0.1) is 5.82 Å². The highest BCUT2D eigenvalue weighted by atomic mass is 32.2. The summed E-state index contributed by atoms with van der Waals surface area (Å²) in [4.78, 5) is 12.6. The van der Waals surface area contributed by atoms with E-state index in [1.807, 2.05) is 0 Å². The summed E-state index contributed by atoms with van der Waals surface area (Å²) in [5.41, 5.74) is 8.16. The number of rotatable bonds is 2. The summed E-state index contributed by atoms with van der Waals surface area (Å²) in [5.74, 6) is -0.320. The lowest BCUT2D eigenvalue weighted by Crippen LogP contribution is -2.03. The number of nitrogens with two attached hydrogens (primary N) is 1. The Hall–Kier alpha value is -2.01. The Morgan fingerprint density at radius 2 is 2.00 bits per heavy atom. The van der Waals surface area contributed by atoms with Crippen LogP contribution in [0.4, 0.5) is 15.8 Å². The Morgan fingerprint density at radius 1 is 1.21 bits per heavy atom. The SMILES string of the molecule is Nc1cc2c(cc1Sc1ccccc1F)NC(=O)C2. The van der Waals surface area contributed by atoms with Gasteiger partial charge in [0.2, 0.25) is 5.91 Å². The summed E-state index contributed by atoms with van der Waals surface area (Å²) in [6, 6.07) is 10.1. The van der Waals surface area contributed by atoms with Gasteiger partial charge in [0.25, 0.3) is 0 Å². The van der Waals surface area contributed by atoms with Crippen LogP contribution in [0.5, 0.6) is 0 Å². The first kappa shape index (κ1) is 12.0. The van der Waals surface area contributed by atoms with Crippen LogP contribution in [0.1, 0.15) is 5.56 Å². The van der Waals surface area contributed by atoms with Crippen molar-refractivity contribution in [3.05, 3.63) is 47.8 Å². The van der Waals surface area contributed by atoms with E-state index >= 15 is 0 Å². The molecule has 0 saturated carbocycles. The fourth-order valence-corrected chi connectivity index (χ4v) is 2.91. The molecule has 1 aliphatic heterocycles. The molecule has 2 aromatic carbocycles. The predicted octanol–water partition coefficient (Wildman–Crippen LogP) is 3.05. The van der Waals surface area contributed by atoms with Gasteiger partial charge in [-0.1, -0.05) is 23.9 Å². The third kappa shape index (κ3) is 2.29. The molecule has 0 aromatic heterocycles. The summed E-state index contributed by atoms with van der Waals surface area (Å²) in [6.07, 6.45) is 0.351. The molecule has 3 rings (SSSR count). The molecule has 19 heavy (non-hydrogen) atoms. The third-order valence-electron chi connectivity index (χ3n) is 2.92. The Labute approximate surface area is 114 Å². The topological polar surface area (TPSA) is 55.1 Å². The molecule has 1 amide bonds. The molecule has 3 nitrogen and oxygen atoms in total. The lowest BCUT2D eigenvalue weighted by atomic mass is 10.1. The van der Waals surface area contributed by atoms with E-state index in [-0.39, 0.29) is 11.7 Å². The van der Waals surface area contributed by atoms with Crippen molar-refractivity contribution in [2.24, 2.45) is 0 Å². The van der Waals surface area contributed by atoms with Crippen molar-refractivity contribution in [2.75, 3.05) is 11.1 Å². The zero-order valence-electron chi connectivity index (χ0n) is 9.94. The minimum atomic E-state index is -0.281. The minimum absolute atomic E-state index is 0.0394. The molecule has 3 N–H and O–H groups in total. The molecule has 96 valence electrons. The van der Waals surface area contributed by atoms with Crippen LogP contribution >= 0.6 is 11.8 Å². The largest absolute Gasteiger partial charge is 0.398 e. The Morgan fingerprint density at radius 3 is 2.79 bits per heavy atom. The normalized spacial score (nSPS) is 13.2. The van der Waals surface area contributed by atoms with Gasteiger partial charge in [0, 0.05) is 21.2 Å². The van der Waals surface area contributed by atoms with Crippen molar-refractivity contribution in [2.45, 2.75) is 16.2 Å². The predicted molar refractivity (Wildman–Crippen MR) is 73.7 cm³/mol. The Bertz CT molecular complexity index is 672. The first-order valence-electron chi connectivity index (χ1n) is 5.78. The van der Waals surface area contributed by atoms with Gasteiger partial charge in [0.15, 0.2) is 0 Å². The van der Waals surface area contributed by atoms with Crippen LogP contribution < -0.4 is 11.1 Å². The molecule has 0 atom stereocenters. The monoisotopic (exact) mass is 274 g/mol. The molecular formula is C14H11FN2OS. The highest BCUT2D eigenvalue weighted by Gasteiger charge is 2.19. The fourth-order valence-electron chi connectivity index (χ4n) is 2.01. The van der Waals surface area contributed by atoms with Gasteiger partial charge in [-0.05, 0) is 29.8 Å². The van der Waals surface area contributed by atoms with E-state index in [0.717, 1.165) is 16.1 Å². The van der Waals surface area contributed by atoms with Crippen LogP contribution in [0.15, 0.2) is 46.2 Å². The summed E-state index contributed by atoms with van der Waals surface area (Å²) in [6.45, 7) is 0. The average Bonchev–Trinajstić information content (AvgIpc) is 2.71. The zero-order chi connectivity index (χ0) is 13.4. The van der Waals surface area contributed by atoms with Crippen LogP contribution in [-0.2, 0) is 11.2 Å². The van der Waals surface area contributed by atoms with Crippen LogP contribution in [-0.4, -0.2) is 5.91 Å². The number of fused-ring (bicyclic) bond motifs is 1. The molecule has 2 aromatic rings. The smallest absolute Gasteiger partial charge is 0.228 e. The van der Waals surface area contributed by atoms with E-state index in [4.69, 9.17) is 5.73 Å². The van der Waals surface area contributed by atoms with Crippen LogP contribution in [0.2, 0.25) is 0 Å². The molecule has 0 spiro atoms. The van der Waals surface area contributed by atoms with Gasteiger partial charge < -0.3 is 11.1 Å². The summed E-state index contributed by atoms with van der Waals surface area (Å²) in [5, 5.41) is 2.76. The van der Waals surface area contributed by atoms with E-state index in [1.54, 1.807) is 30.3 Å². The van der Waals surface area contributed by atoms with Crippen molar-refractivity contribution in [1.82, 2.24) is 0 Å². The van der Waals surface area contributed by atoms with E-state index < -0.39 is 0 Å². The standard InChI is InChI=1S/C14H11FN2OS/c15-9-3-1-2-4-12(9)19-13-7-11-8(5-10(13)16)6-14(18)17-11/h1-5,7H,6,16H2,(H,17,18). The van der Waals surface area contributed by atoms with Gasteiger partial charge in [-0.25, -0.2) is 4.39 Å². The molecule has 5 heteroatoms. The Kier molecular flexibility index (Phi) is 2.91. The molecule has 1 heterocycles. The number of anilines is 2. The highest BCUT2D eigenvalue weighted by molar-refractivity contribution is 7.99. The zero-order valence-corrected chi connectivity index (χ0v) is 10.8. The van der Waals surface area contributed by atoms with Crippen molar-refractivity contribution in [3.8, 4) is 0 Å². The van der Waals surface area contributed by atoms with Gasteiger partial charge in [0.1, 0.15) is 5.82 Å². The van der Waals surface area contributed by atoms with Gasteiger partial charge in [-0.2, -0.15) is 0 Å². The molecule has 0 unspecified atom stereocenters. The number of hydrogen-bond acceptors (Lipinski definition) is 3. The fraction of sp³-hybridized carbons (Fsp3) is 0.0714. The maximum absolute atomic E-state index is 13.6. The lowest BCUT2D eigenvalue weighted by molar-refractivity contribution is -0.115. The van der Waals surface area contributed by atoms with Crippen LogP contribution in [0.25, 0.3) is 0 Å². The average molecular weight is 274 g/mol. The second-order valence-electron chi connectivity index (χ2n) is 4.30. The van der Waals surface area contributed by atoms with Gasteiger partial charge >= 0.3 is 0 Å². The molecule has 0 saturated heterocycles. The van der Waals surface area contributed by atoms with Crippen molar-refractivity contribution in [1.29, 1.82) is 0 Å². The summed E-state index contributed by atoms with van der Waals surface area (Å²) < 4.78 is 13.6. The molecular weight excluding hydrogens is 263 g/mol. The van der Waals surface area contributed by atoms with E-state index in [0.29, 0.717) is 17.0 Å². The summed E-state index contributed by atoms with van der Waals surface area (Å²) >= 11 is 1.26. The number of carbonyl (C=O) groups excluding carboxylic acids is 1. The molecule has 0 aliphatic carbocycles. The molecule has 0 radical (unpaired) electrons. The number of nitrogen functional groups attached to an aromatic ring is 1. The third-order valence-corrected chi connectivity index (χ3v) is 4.04. The molecule has 0 bridgehead atoms. The second-order valence-corrected chi connectivity index (χ2v) is 5.39. The van der Waals surface area contributed by atoms with Gasteiger partial charge in [-0.3, -0.25) is 4.79 Å². The first-order chi connectivity index (χ1) is 9.13. The molecule has 0 fully saturated rings. The lowest BCUT2D eigenvalue weighted by Gasteiger charge is -2.09. The molecule has 1 aliphatic rings. The van der Waals surface area contributed by atoms with E-state index in [1.165, 1.54) is 17.8 Å². The number of benzene rings is 2. The van der Waals surface area contributed by atoms with Crippen molar-refractivity contribution >= 4 is 29.0 Å². The number of nitrogens with one attached hydrogen (secondary N) is 1. The second kappa shape index (κ2) is 4.59. The van der Waals surface area contributed by atoms with E-state index in [2.05, 4.69) is 5.32 Å². The number of hydrogen-bond donors (Lipinski definition) is 2. The quantitative estimate of drug-likeness (QED) is 0.828. The van der Waals surface area contributed by atoms with Gasteiger partial charge in [0.05, 0.1) is 6.42 Å². The first-order valence-corrected chi connectivity index (χ1v) is 6.60. The number of halogens is 1. The highest BCUT2D eigenvalue weighted by Crippen LogP contribution is 2.38. The van der Waals surface area contributed by atoms with Crippen molar-refractivity contribution < 1.29 is 9.18 Å². The minimum Gasteiger partial charge on any atom is -0.398 e. The number of amides is 1. The maximum atomic E-state index is 13.6. The number of carbonyl (C=O) groups is 1.